The summed E-state index contributed by atoms with van der Waals surface area (Å²) in [4.78, 5) is 23.6. The molecule has 0 saturated carbocycles. The van der Waals surface area contributed by atoms with Gasteiger partial charge in [-0.3, -0.25) is 9.59 Å². The van der Waals surface area contributed by atoms with Gasteiger partial charge in [0.2, 0.25) is 5.91 Å². The zero-order chi connectivity index (χ0) is 17.1. The molecule has 126 valence electrons. The third kappa shape index (κ3) is 7.74. The van der Waals surface area contributed by atoms with E-state index in [4.69, 9.17) is 12.2 Å². The molecule has 0 bridgehead atoms. The molecule has 2 amide bonds. The van der Waals surface area contributed by atoms with Crippen LogP contribution in [0.2, 0.25) is 0 Å². The van der Waals surface area contributed by atoms with E-state index in [1.165, 1.54) is 0 Å². The average Bonchev–Trinajstić information content (AvgIpc) is 2.52. The summed E-state index contributed by atoms with van der Waals surface area (Å²) in [7, 11) is 0. The molecule has 1 rings (SSSR count). The van der Waals surface area contributed by atoms with Crippen LogP contribution >= 0.6 is 12.2 Å². The molecule has 1 aromatic rings. The Kier molecular flexibility index (Phi) is 8.90. The lowest BCUT2D eigenvalue weighted by Crippen LogP contribution is -2.34. The van der Waals surface area contributed by atoms with E-state index in [-0.39, 0.29) is 16.9 Å². The van der Waals surface area contributed by atoms with Crippen LogP contribution in [-0.2, 0) is 4.79 Å². The molecule has 0 heterocycles. The van der Waals surface area contributed by atoms with Crippen molar-refractivity contribution < 1.29 is 9.59 Å². The van der Waals surface area contributed by atoms with Crippen molar-refractivity contribution in [3.8, 4) is 0 Å². The number of amides is 2. The van der Waals surface area contributed by atoms with E-state index >= 15 is 0 Å². The van der Waals surface area contributed by atoms with Crippen molar-refractivity contribution in [1.29, 1.82) is 0 Å². The quantitative estimate of drug-likeness (QED) is 0.504. The van der Waals surface area contributed by atoms with Gasteiger partial charge in [-0.05, 0) is 43.3 Å². The number of carbonyl (C=O) groups excluding carboxylic acids is 2. The Labute approximate surface area is 143 Å². The molecule has 0 aromatic heterocycles. The van der Waals surface area contributed by atoms with Gasteiger partial charge in [0.25, 0.3) is 5.91 Å². The van der Waals surface area contributed by atoms with Crippen molar-refractivity contribution in [3.63, 3.8) is 0 Å². The standard InChI is InChI=1S/C17H25N3O2S/c1-3-5-6-10-15(21)20-17(23)19-14-9-7-8-13(12-14)16(22)18-11-4-2/h7-9,12H,3-6,10-11H2,1-2H3,(H,18,22)(H2,19,20,21,23). The maximum Gasteiger partial charge on any atom is 0.251 e. The molecule has 0 spiro atoms. The summed E-state index contributed by atoms with van der Waals surface area (Å²) in [6.45, 7) is 4.73. The predicted octanol–water partition coefficient (Wildman–Crippen LogP) is 3.22. The molecule has 0 aliphatic heterocycles. The maximum atomic E-state index is 11.9. The first-order valence-corrected chi connectivity index (χ1v) is 8.46. The van der Waals surface area contributed by atoms with Gasteiger partial charge in [-0.15, -0.1) is 0 Å². The van der Waals surface area contributed by atoms with E-state index in [9.17, 15) is 9.59 Å². The lowest BCUT2D eigenvalue weighted by atomic mass is 10.2. The number of unbranched alkanes of at least 4 members (excludes halogenated alkanes) is 2. The first-order valence-electron chi connectivity index (χ1n) is 8.06. The molecule has 0 radical (unpaired) electrons. The number of rotatable bonds is 8. The van der Waals surface area contributed by atoms with Crippen molar-refractivity contribution in [1.82, 2.24) is 10.6 Å². The number of thiocarbonyl (C=S) groups is 1. The first kappa shape index (κ1) is 19.1. The van der Waals surface area contributed by atoms with Crippen molar-refractivity contribution in [2.75, 3.05) is 11.9 Å². The second-order valence-electron chi connectivity index (χ2n) is 5.30. The van der Waals surface area contributed by atoms with Crippen LogP contribution in [0.15, 0.2) is 24.3 Å². The van der Waals surface area contributed by atoms with Gasteiger partial charge in [-0.25, -0.2) is 0 Å². The lowest BCUT2D eigenvalue weighted by Gasteiger charge is -2.11. The van der Waals surface area contributed by atoms with E-state index in [1.54, 1.807) is 24.3 Å². The Bertz CT molecular complexity index is 546. The number of hydrogen-bond donors (Lipinski definition) is 3. The van der Waals surface area contributed by atoms with E-state index in [2.05, 4.69) is 22.9 Å². The molecule has 6 heteroatoms. The van der Waals surface area contributed by atoms with Crippen LogP contribution in [0.3, 0.4) is 0 Å². The Balaban J connectivity index is 2.51. The fourth-order valence-electron chi connectivity index (χ4n) is 1.97. The van der Waals surface area contributed by atoms with Gasteiger partial charge >= 0.3 is 0 Å². The van der Waals surface area contributed by atoms with E-state index in [0.29, 0.717) is 24.2 Å². The fraction of sp³-hybridized carbons (Fsp3) is 0.471. The number of hydrogen-bond acceptors (Lipinski definition) is 3. The molecule has 0 saturated heterocycles. The summed E-state index contributed by atoms with van der Waals surface area (Å²) in [5, 5.41) is 8.65. The average molecular weight is 335 g/mol. The fourth-order valence-corrected chi connectivity index (χ4v) is 2.20. The van der Waals surface area contributed by atoms with Crippen molar-refractivity contribution >= 4 is 34.8 Å². The number of carbonyl (C=O) groups is 2. The molecule has 5 nitrogen and oxygen atoms in total. The highest BCUT2D eigenvalue weighted by Gasteiger charge is 2.07. The third-order valence-electron chi connectivity index (χ3n) is 3.18. The van der Waals surface area contributed by atoms with Crippen molar-refractivity contribution in [2.45, 2.75) is 46.0 Å². The maximum absolute atomic E-state index is 11.9. The van der Waals surface area contributed by atoms with Crippen LogP contribution in [0.25, 0.3) is 0 Å². The van der Waals surface area contributed by atoms with Gasteiger partial charge in [0.1, 0.15) is 0 Å². The number of benzene rings is 1. The van der Waals surface area contributed by atoms with Crippen LogP contribution in [0, 0.1) is 0 Å². The largest absolute Gasteiger partial charge is 0.352 e. The normalized spacial score (nSPS) is 10.0. The van der Waals surface area contributed by atoms with Gasteiger partial charge in [-0.2, -0.15) is 0 Å². The van der Waals surface area contributed by atoms with Gasteiger partial charge in [0.15, 0.2) is 5.11 Å². The zero-order valence-corrected chi connectivity index (χ0v) is 14.6. The molecule has 23 heavy (non-hydrogen) atoms. The Morgan fingerprint density at radius 1 is 1.13 bits per heavy atom. The molecular weight excluding hydrogens is 310 g/mol. The molecule has 3 N–H and O–H groups in total. The smallest absolute Gasteiger partial charge is 0.251 e. The molecular formula is C17H25N3O2S. The van der Waals surface area contributed by atoms with Crippen molar-refractivity contribution in [2.24, 2.45) is 0 Å². The molecule has 0 atom stereocenters. The van der Waals surface area contributed by atoms with Crippen molar-refractivity contribution in [3.05, 3.63) is 29.8 Å². The molecule has 0 fully saturated rings. The molecule has 1 aromatic carbocycles. The molecule has 0 unspecified atom stereocenters. The van der Waals surface area contributed by atoms with E-state index < -0.39 is 0 Å². The SMILES string of the molecule is CCCCCC(=O)NC(=S)Nc1cccc(C(=O)NCCC)c1. The minimum Gasteiger partial charge on any atom is -0.352 e. The highest BCUT2D eigenvalue weighted by atomic mass is 32.1. The third-order valence-corrected chi connectivity index (χ3v) is 3.38. The number of anilines is 1. The van der Waals surface area contributed by atoms with Crippen LogP contribution in [-0.4, -0.2) is 23.5 Å². The Hall–Kier alpha value is -1.95. The van der Waals surface area contributed by atoms with E-state index in [1.807, 2.05) is 6.92 Å². The second kappa shape index (κ2) is 10.7. The first-order chi connectivity index (χ1) is 11.1. The van der Waals surface area contributed by atoms with Crippen LogP contribution < -0.4 is 16.0 Å². The highest BCUT2D eigenvalue weighted by Crippen LogP contribution is 2.10. The van der Waals surface area contributed by atoms with Gasteiger partial charge in [-0.1, -0.05) is 32.8 Å². The summed E-state index contributed by atoms with van der Waals surface area (Å²) >= 11 is 5.13. The topological polar surface area (TPSA) is 70.2 Å². The molecule has 0 aliphatic carbocycles. The Morgan fingerprint density at radius 3 is 2.61 bits per heavy atom. The monoisotopic (exact) mass is 335 g/mol. The summed E-state index contributed by atoms with van der Waals surface area (Å²) in [5.74, 6) is -0.210. The summed E-state index contributed by atoms with van der Waals surface area (Å²) in [6.07, 6.45) is 4.32. The van der Waals surface area contributed by atoms with Gasteiger partial charge < -0.3 is 16.0 Å². The minimum atomic E-state index is -0.120. The highest BCUT2D eigenvalue weighted by molar-refractivity contribution is 7.80. The van der Waals surface area contributed by atoms with Gasteiger partial charge in [0, 0.05) is 24.2 Å². The van der Waals surface area contributed by atoms with Crippen LogP contribution in [0.4, 0.5) is 5.69 Å². The second-order valence-corrected chi connectivity index (χ2v) is 5.70. The molecule has 0 aliphatic rings. The Morgan fingerprint density at radius 2 is 1.91 bits per heavy atom. The van der Waals surface area contributed by atoms with Gasteiger partial charge in [0.05, 0.1) is 0 Å². The number of nitrogens with one attached hydrogen (secondary N) is 3. The lowest BCUT2D eigenvalue weighted by molar-refractivity contribution is -0.119. The van der Waals surface area contributed by atoms with Crippen LogP contribution in [0.5, 0.6) is 0 Å². The predicted molar refractivity (Wildman–Crippen MR) is 97.6 cm³/mol. The van der Waals surface area contributed by atoms with Crippen LogP contribution in [0.1, 0.15) is 56.3 Å². The summed E-state index contributed by atoms with van der Waals surface area (Å²) in [6, 6.07) is 7.02. The summed E-state index contributed by atoms with van der Waals surface area (Å²) < 4.78 is 0. The van der Waals surface area contributed by atoms with E-state index in [0.717, 1.165) is 25.7 Å². The zero-order valence-electron chi connectivity index (χ0n) is 13.8. The summed E-state index contributed by atoms with van der Waals surface area (Å²) in [5.41, 5.74) is 1.23. The minimum absolute atomic E-state index is 0.0900.